The van der Waals surface area contributed by atoms with Crippen LogP contribution in [0.25, 0.3) is 0 Å². The lowest BCUT2D eigenvalue weighted by molar-refractivity contribution is -0.112. The second kappa shape index (κ2) is 8.28. The van der Waals surface area contributed by atoms with Gasteiger partial charge in [-0.2, -0.15) is 8.62 Å². The molecule has 1 aromatic heterocycles. The van der Waals surface area contributed by atoms with E-state index in [1.54, 1.807) is 0 Å². The number of alkyl halides is 1. The molecule has 0 saturated carbocycles. The Hall–Kier alpha value is -0.180. The fourth-order valence-electron chi connectivity index (χ4n) is 1.98. The average Bonchev–Trinajstić information content (AvgIpc) is 2.73. The minimum absolute atomic E-state index is 0.00543. The molecule has 2 heterocycles. The van der Waals surface area contributed by atoms with Gasteiger partial charge in [0.1, 0.15) is 4.64 Å². The highest BCUT2D eigenvalue weighted by atomic mass is 32.1. The van der Waals surface area contributed by atoms with Gasteiger partial charge in [-0.25, -0.2) is 18.1 Å². The highest BCUT2D eigenvalue weighted by molar-refractivity contribution is 7.72. The third-order valence-electron chi connectivity index (χ3n) is 2.81. The summed E-state index contributed by atoms with van der Waals surface area (Å²) in [7, 11) is -16.7. The van der Waals surface area contributed by atoms with Crippen molar-refractivity contribution < 1.29 is 55.5 Å². The van der Waals surface area contributed by atoms with Gasteiger partial charge in [0.2, 0.25) is 0 Å². The predicted molar refractivity (Wildman–Crippen MR) is 88.8 cm³/mol. The smallest absolute Gasteiger partial charge is 0.325 e. The molecule has 0 aromatic carbocycles. The summed E-state index contributed by atoms with van der Waals surface area (Å²) in [4.78, 5) is 38.0. The Labute approximate surface area is 160 Å². The topological polar surface area (TPSA) is 190 Å². The summed E-state index contributed by atoms with van der Waals surface area (Å²) in [6, 6.07) is 1.39. The van der Waals surface area contributed by atoms with E-state index in [1.165, 1.54) is 12.3 Å². The van der Waals surface area contributed by atoms with Crippen LogP contribution in [0.15, 0.2) is 12.3 Å². The maximum atomic E-state index is 14.2. The van der Waals surface area contributed by atoms with Crippen LogP contribution in [0, 0.1) is 9.41 Å². The second-order valence-corrected chi connectivity index (χ2v) is 10.1. The predicted octanol–water partition coefficient (Wildman–Crippen LogP) is 2.20. The second-order valence-electron chi connectivity index (χ2n) is 4.92. The van der Waals surface area contributed by atoms with Crippen molar-refractivity contribution in [3.05, 3.63) is 21.7 Å². The highest BCUT2D eigenvalue weighted by Gasteiger charge is 2.45. The molecule has 5 atom stereocenters. The van der Waals surface area contributed by atoms with Crippen LogP contribution < -0.4 is 0 Å². The number of phosphoric acid groups is 3. The number of nitrogens with zero attached hydrogens (tertiary/aromatic N) is 1. The molecule has 3 unspecified atom stereocenters. The lowest BCUT2D eigenvalue weighted by Gasteiger charge is -2.20. The van der Waals surface area contributed by atoms with Crippen molar-refractivity contribution in [2.24, 2.45) is 0 Å². The van der Waals surface area contributed by atoms with Gasteiger partial charge >= 0.3 is 23.5 Å². The van der Waals surface area contributed by atoms with Crippen LogP contribution in [-0.2, 0) is 31.6 Å². The van der Waals surface area contributed by atoms with Gasteiger partial charge in [0.15, 0.2) is 23.5 Å². The van der Waals surface area contributed by atoms with E-state index in [-0.39, 0.29) is 9.41 Å². The van der Waals surface area contributed by atoms with Crippen LogP contribution in [0.4, 0.5) is 4.39 Å². The summed E-state index contributed by atoms with van der Waals surface area (Å²) in [5, 5.41) is 0. The number of hydrogen-bond donors (Lipinski definition) is 5. The zero-order valence-corrected chi connectivity index (χ0v) is 17.0. The summed E-state index contributed by atoms with van der Waals surface area (Å²) in [6.07, 6.45) is -4.14. The minimum atomic E-state index is -5.68. The fraction of sp³-hybridized carbons (Fsp3) is 0.500. The van der Waals surface area contributed by atoms with Gasteiger partial charge in [-0.05, 0) is 18.3 Å². The molecule has 1 aliphatic rings. The van der Waals surface area contributed by atoms with E-state index < -0.39 is 48.6 Å². The summed E-state index contributed by atoms with van der Waals surface area (Å²) >= 11 is 9.81. The molecular formula is C8H12FN2O11P3S2. The molecule has 13 nitrogen and oxygen atoms in total. The third kappa shape index (κ3) is 6.98. The molecule has 2 rings (SSSR count). The van der Waals surface area contributed by atoms with Crippen molar-refractivity contribution in [3.8, 4) is 0 Å². The maximum Gasteiger partial charge on any atom is 0.490 e. The van der Waals surface area contributed by atoms with Crippen molar-refractivity contribution in [1.82, 2.24) is 9.55 Å². The largest absolute Gasteiger partial charge is 0.490 e. The van der Waals surface area contributed by atoms with Crippen LogP contribution in [0.5, 0.6) is 0 Å². The summed E-state index contributed by atoms with van der Waals surface area (Å²) in [5.74, 6) is 0. The lowest BCUT2D eigenvalue weighted by atomic mass is 10.3. The molecule has 0 radical (unpaired) electrons. The third-order valence-corrected chi connectivity index (χ3v) is 7.19. The van der Waals surface area contributed by atoms with Gasteiger partial charge in [-0.3, -0.25) is 9.09 Å². The van der Waals surface area contributed by atoms with Crippen LogP contribution in [0.1, 0.15) is 12.6 Å². The number of phosphoric ester groups is 1. The number of rotatable bonds is 7. The molecule has 27 heavy (non-hydrogen) atoms. The van der Waals surface area contributed by atoms with Crippen molar-refractivity contribution in [3.63, 3.8) is 0 Å². The number of halogens is 1. The van der Waals surface area contributed by atoms with E-state index in [1.807, 2.05) is 0 Å². The molecule has 1 saturated heterocycles. The molecule has 5 N–H and O–H groups in total. The molecule has 1 aromatic rings. The quantitative estimate of drug-likeness (QED) is 0.278. The van der Waals surface area contributed by atoms with E-state index in [2.05, 4.69) is 18.1 Å². The van der Waals surface area contributed by atoms with E-state index >= 15 is 0 Å². The number of hydrogen-bond acceptors (Lipinski definition) is 9. The summed E-state index contributed by atoms with van der Waals surface area (Å²) in [6.45, 7) is 0. The molecule has 0 bridgehead atoms. The van der Waals surface area contributed by atoms with Gasteiger partial charge in [-0.1, -0.05) is 12.2 Å². The first-order valence-electron chi connectivity index (χ1n) is 6.61. The number of aromatic nitrogens is 2. The molecule has 154 valence electrons. The Morgan fingerprint density at radius 2 is 1.81 bits per heavy atom. The zero-order chi connectivity index (χ0) is 20.6. The SMILES string of the molecule is O=P(O)(O)OP(=O)(O)OP(=O)(O)O[C@@H]1CC(F)[C@H](n2ccc(=S)[nH]c2=S)O1. The van der Waals surface area contributed by atoms with Gasteiger partial charge in [0.05, 0.1) is 0 Å². The van der Waals surface area contributed by atoms with E-state index in [0.29, 0.717) is 0 Å². The van der Waals surface area contributed by atoms with Crippen molar-refractivity contribution in [2.75, 3.05) is 0 Å². The minimum Gasteiger partial charge on any atom is -0.325 e. The summed E-state index contributed by atoms with van der Waals surface area (Å²) < 4.78 is 65.7. The van der Waals surface area contributed by atoms with Gasteiger partial charge < -0.3 is 29.3 Å². The molecule has 0 amide bonds. The molecule has 0 spiro atoms. The monoisotopic (exact) mass is 488 g/mol. The van der Waals surface area contributed by atoms with Gasteiger partial charge in [-0.15, -0.1) is 0 Å². The molecule has 19 heteroatoms. The molecule has 0 aliphatic carbocycles. The highest BCUT2D eigenvalue weighted by Crippen LogP contribution is 2.66. The van der Waals surface area contributed by atoms with Gasteiger partial charge in [0.25, 0.3) is 0 Å². The van der Waals surface area contributed by atoms with Crippen LogP contribution in [-0.4, -0.2) is 41.6 Å². The Bertz CT molecular complexity index is 961. The number of ether oxygens (including phenoxy) is 1. The van der Waals surface area contributed by atoms with E-state index in [9.17, 15) is 23.0 Å². The average molecular weight is 488 g/mol. The fourth-order valence-corrected chi connectivity index (χ4v) is 5.57. The molecule has 1 fully saturated rings. The number of nitrogens with one attached hydrogen (secondary N) is 1. The number of H-pyrrole nitrogens is 1. The van der Waals surface area contributed by atoms with E-state index in [0.717, 1.165) is 4.57 Å². The normalized spacial score (nSPS) is 27.8. The van der Waals surface area contributed by atoms with Crippen molar-refractivity contribution >= 4 is 47.9 Å². The van der Waals surface area contributed by atoms with Crippen molar-refractivity contribution in [2.45, 2.75) is 25.1 Å². The maximum absolute atomic E-state index is 14.2. The molecule has 1 aliphatic heterocycles. The lowest BCUT2D eigenvalue weighted by Crippen LogP contribution is -2.18. The van der Waals surface area contributed by atoms with Crippen LogP contribution >= 0.6 is 47.9 Å². The first-order valence-corrected chi connectivity index (χ1v) is 11.9. The Balaban J connectivity index is 2.08. The zero-order valence-electron chi connectivity index (χ0n) is 12.7. The van der Waals surface area contributed by atoms with E-state index in [4.69, 9.17) is 43.9 Å². The Morgan fingerprint density at radius 1 is 1.19 bits per heavy atom. The number of aromatic amines is 1. The Kier molecular flexibility index (Phi) is 7.09. The first kappa shape index (κ1) is 23.1. The standard InChI is InChI=1S/C8H12FN2O11P3S2/c9-4-3-6(19-7(4)11-2-1-5(26)10-8(11)27)20-24(15,16)22-25(17,18)21-23(12,13)14/h1-2,4,6-7H,3H2,(H,15,16)(H,17,18)(H,10,26,27)(H2,12,13,14)/t4?,6-,7-/m1/s1. The van der Waals surface area contributed by atoms with Crippen LogP contribution in [0.2, 0.25) is 0 Å². The molecular weight excluding hydrogens is 476 g/mol. The van der Waals surface area contributed by atoms with Gasteiger partial charge in [0, 0.05) is 12.6 Å². The Morgan fingerprint density at radius 3 is 2.37 bits per heavy atom. The van der Waals surface area contributed by atoms with Crippen LogP contribution in [0.3, 0.4) is 0 Å². The summed E-state index contributed by atoms with van der Waals surface area (Å²) in [5.41, 5.74) is 0. The van der Waals surface area contributed by atoms with Crippen molar-refractivity contribution in [1.29, 1.82) is 0 Å². The first-order chi connectivity index (χ1) is 12.2.